The molecule has 6 nitrogen and oxygen atoms in total. The minimum atomic E-state index is -0.266. The maximum atomic E-state index is 12.1. The number of likely N-dealkylation sites (tertiary alicyclic amines) is 1. The lowest BCUT2D eigenvalue weighted by molar-refractivity contribution is -0.131. The molecule has 1 saturated heterocycles. The number of rotatable bonds is 6. The first-order valence-corrected chi connectivity index (χ1v) is 9.77. The molecule has 0 saturated carbocycles. The SMILES string of the molecule is Cc1ccc(Cn2nc(C)c(/C=C/C(=O)NCC(=O)N3CCCC3)c2C)cc1. The summed E-state index contributed by atoms with van der Waals surface area (Å²) in [6.07, 6.45) is 5.35. The summed E-state index contributed by atoms with van der Waals surface area (Å²) < 4.78 is 1.95. The van der Waals surface area contributed by atoms with Crippen molar-refractivity contribution in [2.24, 2.45) is 0 Å². The normalized spacial score (nSPS) is 14.0. The Hall–Kier alpha value is -2.89. The topological polar surface area (TPSA) is 67.2 Å². The first kappa shape index (κ1) is 19.9. The highest BCUT2D eigenvalue weighted by atomic mass is 16.2. The second-order valence-electron chi connectivity index (χ2n) is 7.37. The summed E-state index contributed by atoms with van der Waals surface area (Å²) in [5.74, 6) is -0.282. The van der Waals surface area contributed by atoms with E-state index in [4.69, 9.17) is 0 Å². The van der Waals surface area contributed by atoms with E-state index in [-0.39, 0.29) is 18.4 Å². The predicted octanol–water partition coefficient (Wildman–Crippen LogP) is 2.61. The lowest BCUT2D eigenvalue weighted by Gasteiger charge is -2.14. The second-order valence-corrected chi connectivity index (χ2v) is 7.37. The van der Waals surface area contributed by atoms with Gasteiger partial charge in [-0.05, 0) is 45.3 Å². The highest BCUT2D eigenvalue weighted by molar-refractivity contribution is 5.94. The Kier molecular flexibility index (Phi) is 6.29. The molecule has 1 aliphatic rings. The van der Waals surface area contributed by atoms with Crippen LogP contribution in [-0.4, -0.2) is 46.1 Å². The Morgan fingerprint density at radius 3 is 2.46 bits per heavy atom. The van der Waals surface area contributed by atoms with Crippen molar-refractivity contribution in [2.45, 2.75) is 40.2 Å². The van der Waals surface area contributed by atoms with E-state index in [0.717, 1.165) is 42.9 Å². The molecule has 1 aromatic heterocycles. The number of hydrogen-bond acceptors (Lipinski definition) is 3. The van der Waals surface area contributed by atoms with Gasteiger partial charge in [0.05, 0.1) is 18.8 Å². The van der Waals surface area contributed by atoms with Gasteiger partial charge in [-0.3, -0.25) is 14.3 Å². The number of nitrogens with zero attached hydrogens (tertiary/aromatic N) is 3. The van der Waals surface area contributed by atoms with E-state index in [2.05, 4.69) is 41.6 Å². The van der Waals surface area contributed by atoms with Gasteiger partial charge in [-0.15, -0.1) is 0 Å². The average molecular weight is 380 g/mol. The molecule has 0 spiro atoms. The summed E-state index contributed by atoms with van der Waals surface area (Å²) in [5, 5.41) is 7.28. The summed E-state index contributed by atoms with van der Waals surface area (Å²) in [4.78, 5) is 25.9. The van der Waals surface area contributed by atoms with Crippen LogP contribution in [0.2, 0.25) is 0 Å². The monoisotopic (exact) mass is 380 g/mol. The van der Waals surface area contributed by atoms with Gasteiger partial charge >= 0.3 is 0 Å². The molecule has 2 amide bonds. The Labute approximate surface area is 166 Å². The van der Waals surface area contributed by atoms with E-state index in [1.54, 1.807) is 11.0 Å². The Morgan fingerprint density at radius 2 is 1.79 bits per heavy atom. The van der Waals surface area contributed by atoms with Gasteiger partial charge in [-0.1, -0.05) is 29.8 Å². The molecule has 0 aliphatic carbocycles. The van der Waals surface area contributed by atoms with Gasteiger partial charge in [0.25, 0.3) is 0 Å². The molecular weight excluding hydrogens is 352 g/mol. The molecule has 0 unspecified atom stereocenters. The van der Waals surface area contributed by atoms with Crippen LogP contribution in [0.15, 0.2) is 30.3 Å². The Morgan fingerprint density at radius 1 is 1.11 bits per heavy atom. The fourth-order valence-corrected chi connectivity index (χ4v) is 3.43. The third kappa shape index (κ3) is 4.88. The van der Waals surface area contributed by atoms with Crippen molar-refractivity contribution in [1.82, 2.24) is 20.0 Å². The number of amides is 2. The van der Waals surface area contributed by atoms with Gasteiger partial charge in [0.2, 0.25) is 11.8 Å². The summed E-state index contributed by atoms with van der Waals surface area (Å²) in [6, 6.07) is 8.39. The molecule has 2 aromatic rings. The zero-order chi connectivity index (χ0) is 20.1. The van der Waals surface area contributed by atoms with Crippen molar-refractivity contribution in [3.8, 4) is 0 Å². The zero-order valence-corrected chi connectivity index (χ0v) is 16.9. The molecule has 28 heavy (non-hydrogen) atoms. The number of aromatic nitrogens is 2. The third-order valence-electron chi connectivity index (χ3n) is 5.16. The first-order valence-electron chi connectivity index (χ1n) is 9.77. The largest absolute Gasteiger partial charge is 0.343 e. The van der Waals surface area contributed by atoms with Gasteiger partial charge < -0.3 is 10.2 Å². The maximum absolute atomic E-state index is 12.1. The second kappa shape index (κ2) is 8.87. The highest BCUT2D eigenvalue weighted by Gasteiger charge is 2.17. The van der Waals surface area contributed by atoms with Crippen LogP contribution in [0.1, 0.15) is 40.9 Å². The van der Waals surface area contributed by atoms with Crippen LogP contribution in [0, 0.1) is 20.8 Å². The van der Waals surface area contributed by atoms with Crippen LogP contribution >= 0.6 is 0 Å². The first-order chi connectivity index (χ1) is 13.4. The van der Waals surface area contributed by atoms with Crippen LogP contribution in [-0.2, 0) is 16.1 Å². The molecule has 1 aliphatic heterocycles. The Bertz CT molecular complexity index is 875. The number of nitrogens with one attached hydrogen (secondary N) is 1. The molecule has 2 heterocycles. The van der Waals surface area contributed by atoms with Crippen molar-refractivity contribution >= 4 is 17.9 Å². The molecule has 1 N–H and O–H groups in total. The maximum Gasteiger partial charge on any atom is 0.244 e. The Balaban J connectivity index is 1.60. The van der Waals surface area contributed by atoms with Gasteiger partial charge in [-0.25, -0.2) is 0 Å². The lowest BCUT2D eigenvalue weighted by atomic mass is 10.1. The van der Waals surface area contributed by atoms with Gasteiger partial charge in [-0.2, -0.15) is 5.10 Å². The molecule has 0 bridgehead atoms. The molecule has 1 fully saturated rings. The molecule has 6 heteroatoms. The van der Waals surface area contributed by atoms with E-state index < -0.39 is 0 Å². The summed E-state index contributed by atoms with van der Waals surface area (Å²) in [5.41, 5.74) is 5.24. The number of carbonyl (C=O) groups is 2. The predicted molar refractivity (Wildman–Crippen MR) is 110 cm³/mol. The van der Waals surface area contributed by atoms with E-state index in [1.165, 1.54) is 17.2 Å². The molecule has 148 valence electrons. The summed E-state index contributed by atoms with van der Waals surface area (Å²) in [6.45, 7) is 8.34. The molecular formula is C22H28N4O2. The molecule has 0 radical (unpaired) electrons. The van der Waals surface area contributed by atoms with Crippen molar-refractivity contribution in [2.75, 3.05) is 19.6 Å². The molecule has 1 aromatic carbocycles. The summed E-state index contributed by atoms with van der Waals surface area (Å²) in [7, 11) is 0. The lowest BCUT2D eigenvalue weighted by Crippen LogP contribution is -2.38. The highest BCUT2D eigenvalue weighted by Crippen LogP contribution is 2.16. The zero-order valence-electron chi connectivity index (χ0n) is 16.9. The number of hydrogen-bond donors (Lipinski definition) is 1. The van der Waals surface area contributed by atoms with Crippen molar-refractivity contribution in [3.63, 3.8) is 0 Å². The standard InChI is InChI=1S/C22H28N4O2/c1-16-6-8-19(9-7-16)15-26-18(3)20(17(2)24-26)10-11-21(27)23-14-22(28)25-12-4-5-13-25/h6-11H,4-5,12-15H2,1-3H3,(H,23,27)/b11-10+. The van der Waals surface area contributed by atoms with E-state index in [1.807, 2.05) is 18.5 Å². The van der Waals surface area contributed by atoms with Gasteiger partial charge in [0, 0.05) is 30.4 Å². The average Bonchev–Trinajstić information content (AvgIpc) is 3.30. The fourth-order valence-electron chi connectivity index (χ4n) is 3.43. The van der Waals surface area contributed by atoms with Gasteiger partial charge in [0.15, 0.2) is 0 Å². The smallest absolute Gasteiger partial charge is 0.244 e. The number of carbonyl (C=O) groups excluding carboxylic acids is 2. The molecule has 3 rings (SSSR count). The van der Waals surface area contributed by atoms with Crippen molar-refractivity contribution in [3.05, 3.63) is 58.4 Å². The number of aryl methyl sites for hydroxylation is 2. The van der Waals surface area contributed by atoms with Crippen LogP contribution < -0.4 is 5.32 Å². The minimum Gasteiger partial charge on any atom is -0.343 e. The van der Waals surface area contributed by atoms with E-state index in [0.29, 0.717) is 6.54 Å². The van der Waals surface area contributed by atoms with Gasteiger partial charge in [0.1, 0.15) is 0 Å². The fraction of sp³-hybridized carbons (Fsp3) is 0.409. The van der Waals surface area contributed by atoms with E-state index >= 15 is 0 Å². The molecule has 0 atom stereocenters. The number of benzene rings is 1. The van der Waals surface area contributed by atoms with Crippen molar-refractivity contribution < 1.29 is 9.59 Å². The van der Waals surface area contributed by atoms with Crippen LogP contribution in [0.25, 0.3) is 6.08 Å². The van der Waals surface area contributed by atoms with E-state index in [9.17, 15) is 9.59 Å². The van der Waals surface area contributed by atoms with Crippen LogP contribution in [0.5, 0.6) is 0 Å². The quantitative estimate of drug-likeness (QED) is 0.784. The minimum absolute atomic E-state index is 0.0162. The summed E-state index contributed by atoms with van der Waals surface area (Å²) >= 11 is 0. The van der Waals surface area contributed by atoms with Crippen molar-refractivity contribution in [1.29, 1.82) is 0 Å². The van der Waals surface area contributed by atoms with Crippen LogP contribution in [0.4, 0.5) is 0 Å². The third-order valence-corrected chi connectivity index (χ3v) is 5.16. The van der Waals surface area contributed by atoms with Crippen LogP contribution in [0.3, 0.4) is 0 Å².